The van der Waals surface area contributed by atoms with Gasteiger partial charge in [-0.2, -0.15) is 13.2 Å². The number of phenols is 1. The molecule has 0 bridgehead atoms. The maximum Gasteiger partial charge on any atom is 0.408 e. The van der Waals surface area contributed by atoms with Crippen LogP contribution in [0.1, 0.15) is 54.1 Å². The Labute approximate surface area is 238 Å². The maximum atomic E-state index is 14.9. The van der Waals surface area contributed by atoms with Crippen molar-refractivity contribution in [2.45, 2.75) is 51.7 Å². The molecule has 2 aliphatic heterocycles. The molecule has 4 rings (SSSR count). The van der Waals surface area contributed by atoms with E-state index in [9.17, 15) is 32.3 Å². The predicted molar refractivity (Wildman–Crippen MR) is 148 cm³/mol. The van der Waals surface area contributed by atoms with Gasteiger partial charge in [0.15, 0.2) is 5.78 Å². The summed E-state index contributed by atoms with van der Waals surface area (Å²) in [5.74, 6) is -4.27. The molecule has 1 N–H and O–H groups in total. The summed E-state index contributed by atoms with van der Waals surface area (Å²) < 4.78 is 56.8. The molecule has 0 saturated carbocycles. The van der Waals surface area contributed by atoms with Crippen molar-refractivity contribution in [3.8, 4) is 5.75 Å². The number of hydrogen-bond donors (Lipinski definition) is 1. The van der Waals surface area contributed by atoms with Gasteiger partial charge in [-0.15, -0.1) is 0 Å². The van der Waals surface area contributed by atoms with Crippen LogP contribution >= 0.6 is 0 Å². The Hall–Kier alpha value is -2.98. The van der Waals surface area contributed by atoms with Gasteiger partial charge < -0.3 is 19.8 Å². The average molecular weight is 578 g/mol. The minimum atomic E-state index is -4.57. The van der Waals surface area contributed by atoms with E-state index >= 15 is 0 Å². The van der Waals surface area contributed by atoms with E-state index in [4.69, 9.17) is 0 Å². The third kappa shape index (κ3) is 6.75. The zero-order valence-electron chi connectivity index (χ0n) is 23.8. The van der Waals surface area contributed by atoms with Crippen LogP contribution in [0.5, 0.6) is 5.75 Å². The van der Waals surface area contributed by atoms with Crippen LogP contribution in [0, 0.1) is 24.6 Å². The van der Waals surface area contributed by atoms with Crippen LogP contribution in [0.4, 0.5) is 17.6 Å². The van der Waals surface area contributed by atoms with Crippen molar-refractivity contribution < 1.29 is 32.3 Å². The fourth-order valence-electron chi connectivity index (χ4n) is 6.50. The molecule has 2 aliphatic rings. The van der Waals surface area contributed by atoms with Crippen molar-refractivity contribution >= 4 is 11.7 Å². The fourth-order valence-corrected chi connectivity index (χ4v) is 6.50. The number of benzene rings is 2. The third-order valence-electron chi connectivity index (χ3n) is 8.77. The minimum absolute atomic E-state index is 0.0149. The number of phenolic OH excluding ortho intramolecular Hbond substituents is 1. The van der Waals surface area contributed by atoms with Crippen LogP contribution in [0.3, 0.4) is 0 Å². The molecule has 2 saturated heterocycles. The highest BCUT2D eigenvalue weighted by Crippen LogP contribution is 2.44. The topological polar surface area (TPSA) is 64.1 Å². The number of aromatic hydroxyl groups is 1. The summed E-state index contributed by atoms with van der Waals surface area (Å²) in [5.41, 5.74) is 0.961. The number of carbonyl (C=O) groups excluding carboxylic acids is 2. The third-order valence-corrected chi connectivity index (χ3v) is 8.77. The highest BCUT2D eigenvalue weighted by molar-refractivity contribution is 5.99. The quantitative estimate of drug-likeness (QED) is 0.326. The predicted octanol–water partition coefficient (Wildman–Crippen LogP) is 5.25. The van der Waals surface area contributed by atoms with Gasteiger partial charge in [-0.05, 0) is 62.2 Å². The molecular formula is C31H39F4N3O3. The number of carbonyl (C=O) groups is 2. The number of alkyl halides is 3. The summed E-state index contributed by atoms with van der Waals surface area (Å²) in [7, 11) is 0. The van der Waals surface area contributed by atoms with Crippen molar-refractivity contribution in [2.24, 2.45) is 11.8 Å². The number of likely N-dealkylation sites (tertiary alicyclic amines) is 2. The van der Waals surface area contributed by atoms with Gasteiger partial charge in [0, 0.05) is 50.1 Å². The van der Waals surface area contributed by atoms with E-state index in [2.05, 4.69) is 4.90 Å². The monoisotopic (exact) mass is 577 g/mol. The Morgan fingerprint density at radius 3 is 2.39 bits per heavy atom. The van der Waals surface area contributed by atoms with Gasteiger partial charge in [-0.1, -0.05) is 38.1 Å². The lowest BCUT2D eigenvalue weighted by Gasteiger charge is -2.45. The first-order valence-corrected chi connectivity index (χ1v) is 14.4. The number of halogens is 4. The van der Waals surface area contributed by atoms with E-state index in [0.29, 0.717) is 18.7 Å². The van der Waals surface area contributed by atoms with Gasteiger partial charge in [0.25, 0.3) is 0 Å². The molecule has 2 fully saturated rings. The van der Waals surface area contributed by atoms with Gasteiger partial charge in [0.1, 0.15) is 17.6 Å². The van der Waals surface area contributed by atoms with E-state index in [0.717, 1.165) is 18.0 Å². The zero-order valence-corrected chi connectivity index (χ0v) is 23.8. The number of Topliss-reactive ketones (excluding diaryl/α,β-unsaturated/α-hetero) is 1. The zero-order chi connectivity index (χ0) is 29.9. The SMILES string of the molecule is CCN(CC)CCN1C[C@H](C(=O)c2cccc(O)c2)[C@H](c2cccc(F)c2C)[C@@H](C(=O)N2CCC[C@H]2C(F)(F)F)C1. The molecule has 0 spiro atoms. The Morgan fingerprint density at radius 2 is 1.73 bits per heavy atom. The van der Waals surface area contributed by atoms with Crippen LogP contribution in [-0.2, 0) is 4.79 Å². The highest BCUT2D eigenvalue weighted by Gasteiger charge is 2.52. The summed E-state index contributed by atoms with van der Waals surface area (Å²) in [6.45, 7) is 8.85. The second-order valence-corrected chi connectivity index (χ2v) is 11.1. The summed E-state index contributed by atoms with van der Waals surface area (Å²) in [5, 5.41) is 10.1. The van der Waals surface area contributed by atoms with Crippen LogP contribution in [0.15, 0.2) is 42.5 Å². The Morgan fingerprint density at radius 1 is 1.05 bits per heavy atom. The van der Waals surface area contributed by atoms with Crippen LogP contribution < -0.4 is 0 Å². The maximum absolute atomic E-state index is 14.9. The molecule has 2 heterocycles. The molecule has 6 nitrogen and oxygen atoms in total. The molecule has 2 aromatic rings. The van der Waals surface area contributed by atoms with Crippen molar-refractivity contribution in [2.75, 3.05) is 45.8 Å². The van der Waals surface area contributed by atoms with Crippen molar-refractivity contribution in [1.29, 1.82) is 0 Å². The molecule has 0 aromatic heterocycles. The average Bonchev–Trinajstić information content (AvgIpc) is 3.45. The number of nitrogens with zero attached hydrogens (tertiary/aromatic N) is 3. The number of piperidine rings is 1. The molecule has 224 valence electrons. The molecule has 10 heteroatoms. The molecule has 2 aromatic carbocycles. The number of ketones is 1. The fraction of sp³-hybridized carbons (Fsp3) is 0.548. The first-order valence-electron chi connectivity index (χ1n) is 14.4. The number of rotatable bonds is 9. The summed E-state index contributed by atoms with van der Waals surface area (Å²) in [6, 6.07) is 8.51. The van der Waals surface area contributed by atoms with E-state index in [1.54, 1.807) is 25.1 Å². The molecule has 4 atom stereocenters. The largest absolute Gasteiger partial charge is 0.508 e. The number of amides is 1. The number of likely N-dealkylation sites (N-methyl/N-ethyl adjacent to an activating group) is 1. The van der Waals surface area contributed by atoms with Gasteiger partial charge in [0.2, 0.25) is 5.91 Å². The molecular weight excluding hydrogens is 538 g/mol. The Kier molecular flexibility index (Phi) is 9.74. The second-order valence-electron chi connectivity index (χ2n) is 11.1. The van der Waals surface area contributed by atoms with Gasteiger partial charge in [-0.3, -0.25) is 9.59 Å². The molecule has 1 amide bonds. The van der Waals surface area contributed by atoms with E-state index in [1.807, 2.05) is 18.7 Å². The van der Waals surface area contributed by atoms with E-state index in [-0.39, 0.29) is 55.1 Å². The molecule has 41 heavy (non-hydrogen) atoms. The first kappa shape index (κ1) is 31.0. The van der Waals surface area contributed by atoms with Gasteiger partial charge >= 0.3 is 6.18 Å². The van der Waals surface area contributed by atoms with Crippen molar-refractivity contribution in [3.05, 3.63) is 65.0 Å². The van der Waals surface area contributed by atoms with Crippen molar-refractivity contribution in [3.63, 3.8) is 0 Å². The lowest BCUT2D eigenvalue weighted by atomic mass is 9.69. The van der Waals surface area contributed by atoms with E-state index in [1.165, 1.54) is 24.3 Å². The number of hydrogen-bond acceptors (Lipinski definition) is 5. The van der Waals surface area contributed by atoms with Crippen LogP contribution in [-0.4, -0.2) is 89.5 Å². The minimum Gasteiger partial charge on any atom is -0.508 e. The summed E-state index contributed by atoms with van der Waals surface area (Å²) in [6.07, 6.45) is -4.49. The first-order chi connectivity index (χ1) is 19.5. The van der Waals surface area contributed by atoms with Crippen LogP contribution in [0.25, 0.3) is 0 Å². The van der Waals surface area contributed by atoms with Gasteiger partial charge in [0.05, 0.1) is 5.92 Å². The highest BCUT2D eigenvalue weighted by atomic mass is 19.4. The molecule has 0 radical (unpaired) electrons. The smallest absolute Gasteiger partial charge is 0.408 e. The Balaban J connectivity index is 1.81. The lowest BCUT2D eigenvalue weighted by Crippen LogP contribution is -2.56. The van der Waals surface area contributed by atoms with Gasteiger partial charge in [-0.25, -0.2) is 4.39 Å². The Bertz CT molecular complexity index is 1230. The van der Waals surface area contributed by atoms with Crippen molar-refractivity contribution in [1.82, 2.24) is 14.7 Å². The summed E-state index contributed by atoms with van der Waals surface area (Å²) in [4.78, 5) is 33.3. The van der Waals surface area contributed by atoms with E-state index < -0.39 is 41.7 Å². The lowest BCUT2D eigenvalue weighted by molar-refractivity contribution is -0.185. The molecule has 0 aliphatic carbocycles. The van der Waals surface area contributed by atoms with Crippen LogP contribution in [0.2, 0.25) is 0 Å². The molecule has 0 unspecified atom stereocenters. The summed E-state index contributed by atoms with van der Waals surface area (Å²) >= 11 is 0. The second kappa shape index (κ2) is 12.9. The normalized spacial score (nSPS) is 23.8. The standard InChI is InChI=1S/C31H39F4N3O3/c1-4-36(5-2)15-16-37-18-24(29(40)21-9-6-10-22(39)17-21)28(23-11-7-12-26(32)20(23)3)25(19-37)30(41)38-14-8-13-27(38)31(33,34)35/h6-7,9-12,17,24-25,27-28,39H,4-5,8,13-16,18-19H2,1-3H3/t24-,25-,27-,28-/m0/s1.